The number of aromatic nitrogens is 2. The van der Waals surface area contributed by atoms with Gasteiger partial charge in [0.15, 0.2) is 0 Å². The standard InChI is InChI=1S/C17H18F2N4O2.C5H11NO2.C2H6/c18-12-4-5-13(15(20)24)11(8-12)10-23-16(25)14(19)9-21-17(23)22-6-2-1-3-7-22;1-5(2,3)8-4(6)7;1-2/h4-5,8-9H,1-3,6-7,10H2,(H2,20,24);1-3H3,(H2,6,7);1-2H3. The lowest BCUT2D eigenvalue weighted by Crippen LogP contribution is -2.37. The Bertz CT molecular complexity index is 1060. The van der Waals surface area contributed by atoms with Crippen molar-refractivity contribution in [3.63, 3.8) is 0 Å². The van der Waals surface area contributed by atoms with Crippen LogP contribution >= 0.6 is 0 Å². The molecule has 0 bridgehead atoms. The Balaban J connectivity index is 0.000000523. The van der Waals surface area contributed by atoms with Crippen molar-refractivity contribution in [2.24, 2.45) is 11.5 Å². The minimum Gasteiger partial charge on any atom is -0.444 e. The van der Waals surface area contributed by atoms with Gasteiger partial charge in [0.05, 0.1) is 12.7 Å². The van der Waals surface area contributed by atoms with Gasteiger partial charge in [-0.2, -0.15) is 4.39 Å². The molecule has 2 amide bonds. The van der Waals surface area contributed by atoms with Crippen LogP contribution in [0.5, 0.6) is 0 Å². The number of carbonyl (C=O) groups excluding carboxylic acids is 2. The Morgan fingerprint density at radius 3 is 2.17 bits per heavy atom. The molecule has 1 aliphatic heterocycles. The first-order valence-electron chi connectivity index (χ1n) is 11.5. The number of halogens is 2. The van der Waals surface area contributed by atoms with E-state index in [1.807, 2.05) is 18.7 Å². The maximum absolute atomic E-state index is 13.8. The largest absolute Gasteiger partial charge is 0.444 e. The summed E-state index contributed by atoms with van der Waals surface area (Å²) in [6.07, 6.45) is 3.14. The van der Waals surface area contributed by atoms with Crippen molar-refractivity contribution in [3.8, 4) is 0 Å². The predicted molar refractivity (Wildman–Crippen MR) is 130 cm³/mol. The van der Waals surface area contributed by atoms with Crippen LogP contribution in [0.4, 0.5) is 19.5 Å². The summed E-state index contributed by atoms with van der Waals surface area (Å²) in [5.74, 6) is -2.01. The maximum atomic E-state index is 13.8. The third kappa shape index (κ3) is 9.34. The molecule has 0 radical (unpaired) electrons. The molecule has 2 aromatic rings. The number of hydrogen-bond donors (Lipinski definition) is 2. The van der Waals surface area contributed by atoms with E-state index in [9.17, 15) is 23.2 Å². The van der Waals surface area contributed by atoms with Crippen LogP contribution in [0.25, 0.3) is 0 Å². The Morgan fingerprint density at radius 2 is 1.69 bits per heavy atom. The Hall–Kier alpha value is -3.50. The molecule has 1 saturated heterocycles. The van der Waals surface area contributed by atoms with E-state index in [2.05, 4.69) is 9.72 Å². The highest BCUT2D eigenvalue weighted by Gasteiger charge is 2.20. The number of piperidine rings is 1. The van der Waals surface area contributed by atoms with Crippen LogP contribution in [0.15, 0.2) is 29.2 Å². The highest BCUT2D eigenvalue weighted by atomic mass is 19.1. The second-order valence-corrected chi connectivity index (χ2v) is 8.54. The van der Waals surface area contributed by atoms with E-state index in [0.29, 0.717) is 19.0 Å². The number of primary amides is 2. The minimum atomic E-state index is -1.00. The third-order valence-electron chi connectivity index (χ3n) is 4.69. The third-order valence-corrected chi connectivity index (χ3v) is 4.69. The molecule has 1 aliphatic rings. The number of ether oxygens (including phenoxy) is 1. The number of nitrogens with zero attached hydrogens (tertiary/aromatic N) is 3. The minimum absolute atomic E-state index is 0.0853. The second kappa shape index (κ2) is 13.4. The fraction of sp³-hybridized carbons (Fsp3) is 0.500. The van der Waals surface area contributed by atoms with Crippen LogP contribution in [0, 0.1) is 11.6 Å². The first-order valence-corrected chi connectivity index (χ1v) is 11.5. The molecule has 0 unspecified atom stereocenters. The van der Waals surface area contributed by atoms with Crippen LogP contribution in [0.3, 0.4) is 0 Å². The zero-order chi connectivity index (χ0) is 26.8. The average Bonchev–Trinajstić information content (AvgIpc) is 2.77. The molecular formula is C24H35F2N5O4. The molecule has 35 heavy (non-hydrogen) atoms. The lowest BCUT2D eigenvalue weighted by molar-refractivity contribution is 0.0599. The van der Waals surface area contributed by atoms with E-state index in [1.165, 1.54) is 6.07 Å². The lowest BCUT2D eigenvalue weighted by Gasteiger charge is -2.29. The van der Waals surface area contributed by atoms with E-state index in [-0.39, 0.29) is 17.7 Å². The number of rotatable bonds is 4. The number of nitrogens with two attached hydrogens (primary N) is 2. The molecule has 0 spiro atoms. The molecule has 0 aliphatic carbocycles. The molecule has 2 heterocycles. The summed E-state index contributed by atoms with van der Waals surface area (Å²) in [6.45, 7) is 10.5. The number of benzene rings is 1. The average molecular weight is 496 g/mol. The highest BCUT2D eigenvalue weighted by Crippen LogP contribution is 2.19. The molecule has 194 valence electrons. The van der Waals surface area contributed by atoms with Crippen LogP contribution in [0.1, 0.15) is 69.8 Å². The molecule has 1 aromatic heterocycles. The van der Waals surface area contributed by atoms with Gasteiger partial charge in [0.25, 0.3) is 5.56 Å². The predicted octanol–water partition coefficient (Wildman–Crippen LogP) is 3.57. The zero-order valence-corrected chi connectivity index (χ0v) is 20.9. The van der Waals surface area contributed by atoms with Gasteiger partial charge in [-0.3, -0.25) is 14.2 Å². The number of carbonyl (C=O) groups is 2. The SMILES string of the molecule is CC.CC(C)(C)OC(N)=O.NC(=O)c1ccc(F)cc1Cn1c(N2CCCCC2)ncc(F)c1=O. The fourth-order valence-corrected chi connectivity index (χ4v) is 3.35. The molecule has 1 aromatic carbocycles. The van der Waals surface area contributed by atoms with E-state index in [1.54, 1.807) is 20.8 Å². The van der Waals surface area contributed by atoms with Gasteiger partial charge in [0, 0.05) is 18.7 Å². The van der Waals surface area contributed by atoms with Crippen LogP contribution < -0.4 is 21.9 Å². The van der Waals surface area contributed by atoms with E-state index in [4.69, 9.17) is 11.5 Å². The van der Waals surface area contributed by atoms with Gasteiger partial charge in [-0.15, -0.1) is 0 Å². The van der Waals surface area contributed by atoms with Crippen molar-refractivity contribution < 1.29 is 23.1 Å². The molecule has 11 heteroatoms. The van der Waals surface area contributed by atoms with Crippen molar-refractivity contribution in [1.29, 1.82) is 0 Å². The van der Waals surface area contributed by atoms with E-state index in [0.717, 1.165) is 42.2 Å². The molecular weight excluding hydrogens is 460 g/mol. The molecule has 9 nitrogen and oxygen atoms in total. The normalized spacial score (nSPS) is 13.1. The molecule has 3 rings (SSSR count). The summed E-state index contributed by atoms with van der Waals surface area (Å²) in [4.78, 5) is 39.9. The van der Waals surface area contributed by atoms with Crippen molar-refractivity contribution in [3.05, 3.63) is 57.5 Å². The van der Waals surface area contributed by atoms with Crippen molar-refractivity contribution in [2.75, 3.05) is 18.0 Å². The van der Waals surface area contributed by atoms with Crippen LogP contribution in [0.2, 0.25) is 0 Å². The fourth-order valence-electron chi connectivity index (χ4n) is 3.35. The van der Waals surface area contributed by atoms with E-state index >= 15 is 0 Å². The summed E-state index contributed by atoms with van der Waals surface area (Å²) >= 11 is 0. The van der Waals surface area contributed by atoms with Gasteiger partial charge < -0.3 is 21.1 Å². The first-order chi connectivity index (χ1) is 16.4. The Kier molecular flexibility index (Phi) is 11.3. The second-order valence-electron chi connectivity index (χ2n) is 8.54. The Morgan fingerprint density at radius 1 is 1.09 bits per heavy atom. The van der Waals surface area contributed by atoms with Crippen LogP contribution in [-0.2, 0) is 11.3 Å². The van der Waals surface area contributed by atoms with Crippen molar-refractivity contribution in [2.45, 2.75) is 66.0 Å². The van der Waals surface area contributed by atoms with Gasteiger partial charge in [-0.1, -0.05) is 13.8 Å². The number of anilines is 1. The summed E-state index contributed by atoms with van der Waals surface area (Å²) in [6, 6.07) is 3.49. The molecule has 1 fully saturated rings. The van der Waals surface area contributed by atoms with Gasteiger partial charge in [-0.25, -0.2) is 14.2 Å². The number of hydrogen-bond acceptors (Lipinski definition) is 6. The Labute approximate surface area is 204 Å². The van der Waals surface area contributed by atoms with Crippen molar-refractivity contribution >= 4 is 17.9 Å². The van der Waals surface area contributed by atoms with E-state index < -0.39 is 34.8 Å². The quantitative estimate of drug-likeness (QED) is 0.666. The summed E-state index contributed by atoms with van der Waals surface area (Å²) in [7, 11) is 0. The molecule has 0 atom stereocenters. The van der Waals surface area contributed by atoms with Gasteiger partial charge in [0.2, 0.25) is 17.7 Å². The summed E-state index contributed by atoms with van der Waals surface area (Å²) in [5, 5.41) is 0. The first kappa shape index (κ1) is 29.5. The van der Waals surface area contributed by atoms with Gasteiger partial charge in [0.1, 0.15) is 11.4 Å². The summed E-state index contributed by atoms with van der Waals surface area (Å²) < 4.78 is 33.1. The van der Waals surface area contributed by atoms with Crippen LogP contribution in [-0.4, -0.2) is 40.2 Å². The topological polar surface area (TPSA) is 134 Å². The molecule has 0 saturated carbocycles. The number of amides is 2. The maximum Gasteiger partial charge on any atom is 0.405 e. The lowest BCUT2D eigenvalue weighted by atomic mass is 10.1. The van der Waals surface area contributed by atoms with Crippen molar-refractivity contribution in [1.82, 2.24) is 9.55 Å². The van der Waals surface area contributed by atoms with Gasteiger partial charge >= 0.3 is 6.09 Å². The molecule has 4 N–H and O–H groups in total. The highest BCUT2D eigenvalue weighted by molar-refractivity contribution is 5.94. The summed E-state index contributed by atoms with van der Waals surface area (Å²) in [5.41, 5.74) is 9.01. The monoisotopic (exact) mass is 495 g/mol. The smallest absolute Gasteiger partial charge is 0.405 e. The zero-order valence-electron chi connectivity index (χ0n) is 20.9. The van der Waals surface area contributed by atoms with Gasteiger partial charge in [-0.05, 0) is 63.8 Å².